The van der Waals surface area contributed by atoms with Crippen LogP contribution in [0.2, 0.25) is 0 Å². The molecule has 1 N–H and O–H groups in total. The Morgan fingerprint density at radius 1 is 1.19 bits per heavy atom. The van der Waals surface area contributed by atoms with E-state index in [2.05, 4.69) is 5.32 Å². The predicted molar refractivity (Wildman–Crippen MR) is 98.9 cm³/mol. The number of nitriles is 1. The molecule has 8 heteroatoms. The lowest BCUT2D eigenvalue weighted by molar-refractivity contribution is -0.119. The van der Waals surface area contributed by atoms with Gasteiger partial charge in [0.1, 0.15) is 5.40 Å². The maximum absolute atomic E-state index is 12.2. The number of rotatable bonds is 5. The van der Waals surface area contributed by atoms with Crippen LogP contribution in [-0.4, -0.2) is 25.3 Å². The smallest absolute Gasteiger partial charge is 0.338 e. The van der Waals surface area contributed by atoms with Crippen LogP contribution >= 0.6 is 11.8 Å². The van der Waals surface area contributed by atoms with E-state index in [0.717, 1.165) is 27.8 Å². The topological polar surface area (TPSA) is 97.7 Å². The van der Waals surface area contributed by atoms with Gasteiger partial charge in [-0.15, -0.1) is 0 Å². The SMILES string of the molecule is Cc1cc(SC#N)cc(C)c1NC(=O)COC(=O)c1ccc2c(c1)OCO2. The second kappa shape index (κ2) is 8.01. The zero-order valence-corrected chi connectivity index (χ0v) is 15.5. The number of carbonyl (C=O) groups excluding carboxylic acids is 2. The highest BCUT2D eigenvalue weighted by atomic mass is 32.2. The second-order valence-electron chi connectivity index (χ2n) is 5.82. The molecule has 0 atom stereocenters. The summed E-state index contributed by atoms with van der Waals surface area (Å²) in [5, 5.41) is 13.5. The van der Waals surface area contributed by atoms with Crippen LogP contribution in [0, 0.1) is 24.5 Å². The van der Waals surface area contributed by atoms with Crippen molar-refractivity contribution in [3.05, 3.63) is 47.0 Å². The average molecular weight is 384 g/mol. The summed E-state index contributed by atoms with van der Waals surface area (Å²) in [6.07, 6.45) is 0. The fourth-order valence-electron chi connectivity index (χ4n) is 2.65. The number of amides is 1. The van der Waals surface area contributed by atoms with Gasteiger partial charge >= 0.3 is 5.97 Å². The summed E-state index contributed by atoms with van der Waals surface area (Å²) >= 11 is 1.06. The number of ether oxygens (including phenoxy) is 3. The number of thioether (sulfide) groups is 1. The fourth-order valence-corrected chi connectivity index (χ4v) is 3.22. The van der Waals surface area contributed by atoms with Gasteiger partial charge in [0.25, 0.3) is 5.91 Å². The number of anilines is 1. The Morgan fingerprint density at radius 2 is 1.89 bits per heavy atom. The van der Waals surface area contributed by atoms with E-state index in [9.17, 15) is 9.59 Å². The molecular weight excluding hydrogens is 368 g/mol. The quantitative estimate of drug-likeness (QED) is 0.479. The standard InChI is InChI=1S/C19H16N2O5S/c1-11-5-14(27-9-20)6-12(2)18(11)21-17(22)8-24-19(23)13-3-4-15-16(7-13)26-10-25-15/h3-7H,8,10H2,1-2H3,(H,21,22). The number of esters is 1. The summed E-state index contributed by atoms with van der Waals surface area (Å²) in [6.45, 7) is 3.37. The molecule has 2 aromatic carbocycles. The Kier molecular flexibility index (Phi) is 5.52. The van der Waals surface area contributed by atoms with Gasteiger partial charge in [-0.3, -0.25) is 4.79 Å². The number of aryl methyl sites for hydroxylation is 2. The molecule has 0 aromatic heterocycles. The van der Waals surface area contributed by atoms with Crippen molar-refractivity contribution in [3.8, 4) is 16.9 Å². The first-order valence-corrected chi connectivity index (χ1v) is 8.83. The zero-order valence-electron chi connectivity index (χ0n) is 14.7. The van der Waals surface area contributed by atoms with E-state index in [4.69, 9.17) is 19.5 Å². The molecule has 0 fully saturated rings. The Labute approximate surface area is 160 Å². The highest BCUT2D eigenvalue weighted by Crippen LogP contribution is 2.32. The maximum atomic E-state index is 12.2. The van der Waals surface area contributed by atoms with Crippen LogP contribution in [0.1, 0.15) is 21.5 Å². The van der Waals surface area contributed by atoms with E-state index in [1.807, 2.05) is 31.4 Å². The van der Waals surface area contributed by atoms with Gasteiger partial charge in [-0.1, -0.05) is 0 Å². The molecule has 1 aliphatic rings. The molecule has 1 amide bonds. The predicted octanol–water partition coefficient (Wildman–Crippen LogP) is 3.40. The maximum Gasteiger partial charge on any atom is 0.338 e. The summed E-state index contributed by atoms with van der Waals surface area (Å²) in [4.78, 5) is 25.1. The third-order valence-corrected chi connectivity index (χ3v) is 4.44. The first-order chi connectivity index (χ1) is 13.0. The third kappa shape index (κ3) is 4.33. The molecule has 0 radical (unpaired) electrons. The molecule has 1 aliphatic heterocycles. The van der Waals surface area contributed by atoms with Crippen molar-refractivity contribution in [2.24, 2.45) is 0 Å². The average Bonchev–Trinajstić information content (AvgIpc) is 3.10. The normalized spacial score (nSPS) is 11.6. The molecule has 138 valence electrons. The summed E-state index contributed by atoms with van der Waals surface area (Å²) in [5.74, 6) is -0.0441. The number of benzene rings is 2. The zero-order chi connectivity index (χ0) is 19.4. The highest BCUT2D eigenvalue weighted by Gasteiger charge is 2.18. The van der Waals surface area contributed by atoms with Crippen molar-refractivity contribution < 1.29 is 23.8 Å². The number of nitrogens with zero attached hydrogens (tertiary/aromatic N) is 1. The van der Waals surface area contributed by atoms with Crippen molar-refractivity contribution in [2.45, 2.75) is 18.7 Å². The van der Waals surface area contributed by atoms with Crippen molar-refractivity contribution in [3.63, 3.8) is 0 Å². The Hall–Kier alpha value is -3.18. The van der Waals surface area contributed by atoms with Gasteiger partial charge in [0, 0.05) is 10.6 Å². The lowest BCUT2D eigenvalue weighted by Gasteiger charge is -2.13. The van der Waals surface area contributed by atoms with Crippen LogP contribution in [0.25, 0.3) is 0 Å². The van der Waals surface area contributed by atoms with Crippen molar-refractivity contribution >= 4 is 29.3 Å². The van der Waals surface area contributed by atoms with E-state index >= 15 is 0 Å². The number of fused-ring (bicyclic) bond motifs is 1. The minimum atomic E-state index is -0.627. The summed E-state index contributed by atoms with van der Waals surface area (Å²) in [7, 11) is 0. The van der Waals surface area contributed by atoms with Crippen molar-refractivity contribution in [1.82, 2.24) is 0 Å². The number of thiocyanates is 1. The molecule has 0 spiro atoms. The molecule has 0 saturated heterocycles. The van der Waals surface area contributed by atoms with E-state index in [1.165, 1.54) is 6.07 Å². The molecule has 0 bridgehead atoms. The van der Waals surface area contributed by atoms with Crippen LogP contribution in [0.5, 0.6) is 11.5 Å². The van der Waals surface area contributed by atoms with Crippen LogP contribution < -0.4 is 14.8 Å². The van der Waals surface area contributed by atoms with Gasteiger partial charge in [-0.25, -0.2) is 4.79 Å². The fraction of sp³-hybridized carbons (Fsp3) is 0.211. The Bertz CT molecular complexity index is 929. The van der Waals surface area contributed by atoms with Crippen LogP contribution in [-0.2, 0) is 9.53 Å². The van der Waals surface area contributed by atoms with E-state index in [0.29, 0.717) is 17.2 Å². The minimum absolute atomic E-state index is 0.112. The molecule has 3 rings (SSSR count). The van der Waals surface area contributed by atoms with E-state index in [1.54, 1.807) is 12.1 Å². The van der Waals surface area contributed by atoms with E-state index < -0.39 is 18.5 Å². The molecule has 0 unspecified atom stereocenters. The van der Waals surface area contributed by atoms with Gasteiger partial charge in [0.2, 0.25) is 6.79 Å². The molecule has 1 heterocycles. The molecule has 2 aromatic rings. The van der Waals surface area contributed by atoms with Crippen LogP contribution in [0.3, 0.4) is 0 Å². The third-order valence-electron chi connectivity index (χ3n) is 3.88. The largest absolute Gasteiger partial charge is 0.454 e. The summed E-state index contributed by atoms with van der Waals surface area (Å²) in [5.41, 5.74) is 2.56. The molecule has 7 nitrogen and oxygen atoms in total. The second-order valence-corrected chi connectivity index (χ2v) is 6.68. The first-order valence-electron chi connectivity index (χ1n) is 8.01. The number of nitrogens with one attached hydrogen (secondary N) is 1. The van der Waals surface area contributed by atoms with Gasteiger partial charge in [-0.2, -0.15) is 5.26 Å². The number of carbonyl (C=O) groups is 2. The number of hydrogen-bond donors (Lipinski definition) is 1. The van der Waals surface area contributed by atoms with Crippen molar-refractivity contribution in [2.75, 3.05) is 18.7 Å². The van der Waals surface area contributed by atoms with Gasteiger partial charge in [0.05, 0.1) is 5.56 Å². The monoisotopic (exact) mass is 384 g/mol. The number of hydrogen-bond acceptors (Lipinski definition) is 7. The van der Waals surface area contributed by atoms with Crippen LogP contribution in [0.15, 0.2) is 35.2 Å². The minimum Gasteiger partial charge on any atom is -0.454 e. The van der Waals surface area contributed by atoms with Crippen LogP contribution in [0.4, 0.5) is 5.69 Å². The van der Waals surface area contributed by atoms with Crippen molar-refractivity contribution in [1.29, 1.82) is 5.26 Å². The molecular formula is C19H16N2O5S. The van der Waals surface area contributed by atoms with Gasteiger partial charge in [0.15, 0.2) is 18.1 Å². The van der Waals surface area contributed by atoms with Gasteiger partial charge in [-0.05, 0) is 67.1 Å². The summed E-state index contributed by atoms with van der Waals surface area (Å²) in [6, 6.07) is 8.31. The lowest BCUT2D eigenvalue weighted by atomic mass is 10.1. The summed E-state index contributed by atoms with van der Waals surface area (Å²) < 4.78 is 15.5. The highest BCUT2D eigenvalue weighted by molar-refractivity contribution is 8.03. The van der Waals surface area contributed by atoms with E-state index in [-0.39, 0.29) is 12.4 Å². The Balaban J connectivity index is 1.60. The molecule has 0 aliphatic carbocycles. The lowest BCUT2D eigenvalue weighted by Crippen LogP contribution is -2.21. The first kappa shape index (κ1) is 18.6. The molecule has 0 saturated carbocycles. The van der Waals surface area contributed by atoms with Gasteiger partial charge < -0.3 is 19.5 Å². The molecule has 27 heavy (non-hydrogen) atoms. The Morgan fingerprint density at radius 3 is 2.59 bits per heavy atom.